The normalized spacial score (nSPS) is 16.6. The Morgan fingerprint density at radius 1 is 1.26 bits per heavy atom. The molecule has 0 aliphatic carbocycles. The van der Waals surface area contributed by atoms with Gasteiger partial charge in [-0.3, -0.25) is 0 Å². The van der Waals surface area contributed by atoms with Gasteiger partial charge >= 0.3 is 6.03 Å². The fourth-order valence-electron chi connectivity index (χ4n) is 4.30. The molecule has 0 aromatic carbocycles. The molecule has 2 aliphatic rings. The maximum Gasteiger partial charge on any atom is 0.320 e. The number of carbonyl (C=O) groups excluding carboxylic acids is 2. The van der Waals surface area contributed by atoms with Crippen molar-refractivity contribution in [3.05, 3.63) is 47.3 Å². The van der Waals surface area contributed by atoms with Crippen molar-refractivity contribution in [1.29, 1.82) is 0 Å². The van der Waals surface area contributed by atoms with Crippen LogP contribution in [-0.4, -0.2) is 65.4 Å². The molecule has 164 valence electrons. The molecule has 1 atom stereocenters. The number of anilines is 1. The Labute approximate surface area is 182 Å². The molecule has 0 bridgehead atoms. The number of aldehydes is 1. The highest BCUT2D eigenvalue weighted by Gasteiger charge is 2.34. The van der Waals surface area contributed by atoms with Gasteiger partial charge in [-0.15, -0.1) is 0 Å². The van der Waals surface area contributed by atoms with Crippen LogP contribution in [0, 0.1) is 0 Å². The van der Waals surface area contributed by atoms with E-state index in [0.29, 0.717) is 25.5 Å². The van der Waals surface area contributed by atoms with Crippen LogP contribution < -0.4 is 10.1 Å². The number of urea groups is 1. The molecule has 0 unspecified atom stereocenters. The maximum atomic E-state index is 13.0. The Balaban J connectivity index is 1.34. The monoisotopic (exact) mass is 423 g/mol. The predicted octanol–water partition coefficient (Wildman–Crippen LogP) is 2.84. The van der Waals surface area contributed by atoms with Gasteiger partial charge in [0.15, 0.2) is 0 Å². The fraction of sp³-hybridized carbons (Fsp3) is 0.478. The van der Waals surface area contributed by atoms with Crippen molar-refractivity contribution in [2.24, 2.45) is 0 Å². The highest BCUT2D eigenvalue weighted by atomic mass is 16.5. The molecule has 2 aromatic rings. The molecule has 4 rings (SSSR count). The highest BCUT2D eigenvalue weighted by Crippen LogP contribution is 2.28. The van der Waals surface area contributed by atoms with E-state index in [0.717, 1.165) is 55.6 Å². The van der Waals surface area contributed by atoms with Crippen LogP contribution in [0.5, 0.6) is 5.88 Å². The van der Waals surface area contributed by atoms with Gasteiger partial charge in [0.25, 0.3) is 0 Å². The Kier molecular flexibility index (Phi) is 6.64. The van der Waals surface area contributed by atoms with Crippen LogP contribution in [0.25, 0.3) is 0 Å². The second kappa shape index (κ2) is 9.76. The number of hydrogen-bond donors (Lipinski definition) is 1. The van der Waals surface area contributed by atoms with Gasteiger partial charge in [-0.25, -0.2) is 14.8 Å². The zero-order valence-corrected chi connectivity index (χ0v) is 17.9. The molecule has 4 heterocycles. The summed E-state index contributed by atoms with van der Waals surface area (Å²) in [4.78, 5) is 36.9. The first kappa shape index (κ1) is 21.1. The quantitative estimate of drug-likeness (QED) is 0.624. The smallest absolute Gasteiger partial charge is 0.320 e. The van der Waals surface area contributed by atoms with E-state index in [1.165, 1.54) is 5.56 Å². The van der Waals surface area contributed by atoms with Crippen LogP contribution in [-0.2, 0) is 17.6 Å². The first-order chi connectivity index (χ1) is 15.2. The topological polar surface area (TPSA) is 87.7 Å². The van der Waals surface area contributed by atoms with Crippen molar-refractivity contribution in [1.82, 2.24) is 19.8 Å². The van der Waals surface area contributed by atoms with Crippen LogP contribution in [0.3, 0.4) is 0 Å². The van der Waals surface area contributed by atoms with Crippen LogP contribution in [0.1, 0.15) is 42.1 Å². The van der Waals surface area contributed by atoms with Gasteiger partial charge < -0.3 is 24.6 Å². The second-order valence-corrected chi connectivity index (χ2v) is 7.96. The first-order valence-electron chi connectivity index (χ1n) is 10.9. The van der Waals surface area contributed by atoms with Crippen LogP contribution >= 0.6 is 0 Å². The summed E-state index contributed by atoms with van der Waals surface area (Å²) < 4.78 is 5.11. The third kappa shape index (κ3) is 4.78. The Morgan fingerprint density at radius 3 is 2.94 bits per heavy atom. The molecule has 2 amide bonds. The summed E-state index contributed by atoms with van der Waals surface area (Å²) in [7, 11) is 1.56. The number of nitrogens with zero attached hydrogens (tertiary/aromatic N) is 4. The predicted molar refractivity (Wildman–Crippen MR) is 117 cm³/mol. The lowest BCUT2D eigenvalue weighted by molar-refractivity contribution is -0.108. The standard InChI is InChI=1S/C23H29N5O3/c1-31-21-9-7-18(16-25-21)20(10-15-29)28-14-13-27(23(28)30)12-3-5-19-8-6-17-4-2-11-24-22(17)26-19/h6-9,15-16,20H,2-5,10-14H2,1H3,(H,24,26)/t20-/m0/s1. The molecular formula is C23H29N5O3. The molecule has 1 saturated heterocycles. The van der Waals surface area contributed by atoms with E-state index < -0.39 is 0 Å². The molecule has 1 N–H and O–H groups in total. The van der Waals surface area contributed by atoms with Gasteiger partial charge in [-0.1, -0.05) is 12.1 Å². The first-order valence-corrected chi connectivity index (χ1v) is 10.9. The maximum absolute atomic E-state index is 13.0. The van der Waals surface area contributed by atoms with Crippen molar-refractivity contribution in [3.63, 3.8) is 0 Å². The summed E-state index contributed by atoms with van der Waals surface area (Å²) in [5.74, 6) is 1.52. The lowest BCUT2D eigenvalue weighted by Gasteiger charge is -2.27. The molecule has 8 heteroatoms. The molecule has 2 aliphatic heterocycles. The number of amides is 2. The zero-order chi connectivity index (χ0) is 21.6. The number of pyridine rings is 2. The number of hydrogen-bond acceptors (Lipinski definition) is 6. The van der Waals surface area contributed by atoms with E-state index in [1.54, 1.807) is 24.3 Å². The minimum absolute atomic E-state index is 0.0252. The van der Waals surface area contributed by atoms with Crippen molar-refractivity contribution < 1.29 is 14.3 Å². The van der Waals surface area contributed by atoms with E-state index in [1.807, 2.05) is 11.0 Å². The highest BCUT2D eigenvalue weighted by molar-refractivity contribution is 5.77. The van der Waals surface area contributed by atoms with Crippen LogP contribution in [0.2, 0.25) is 0 Å². The van der Waals surface area contributed by atoms with Gasteiger partial charge in [0.05, 0.1) is 13.2 Å². The average Bonchev–Trinajstić information content (AvgIpc) is 3.17. The van der Waals surface area contributed by atoms with Gasteiger partial charge in [-0.2, -0.15) is 0 Å². The minimum Gasteiger partial charge on any atom is -0.481 e. The van der Waals surface area contributed by atoms with Crippen molar-refractivity contribution >= 4 is 18.1 Å². The molecule has 31 heavy (non-hydrogen) atoms. The number of methoxy groups -OCH3 is 1. The summed E-state index contributed by atoms with van der Waals surface area (Å²) in [6.45, 7) is 2.92. The third-order valence-corrected chi connectivity index (χ3v) is 5.99. The van der Waals surface area contributed by atoms with E-state index in [4.69, 9.17) is 9.72 Å². The number of ether oxygens (including phenoxy) is 1. The third-order valence-electron chi connectivity index (χ3n) is 5.99. The summed E-state index contributed by atoms with van der Waals surface area (Å²) in [6.07, 6.45) is 6.71. The van der Waals surface area contributed by atoms with E-state index in [2.05, 4.69) is 22.4 Å². The lowest BCUT2D eigenvalue weighted by atomic mass is 10.1. The molecular weight excluding hydrogens is 394 g/mol. The summed E-state index contributed by atoms with van der Waals surface area (Å²) in [6, 6.07) is 7.56. The summed E-state index contributed by atoms with van der Waals surface area (Å²) in [5.41, 5.74) is 3.18. The van der Waals surface area contributed by atoms with E-state index >= 15 is 0 Å². The number of nitrogens with one attached hydrogen (secondary N) is 1. The largest absolute Gasteiger partial charge is 0.481 e. The zero-order valence-electron chi connectivity index (χ0n) is 17.9. The molecule has 8 nitrogen and oxygen atoms in total. The van der Waals surface area contributed by atoms with E-state index in [-0.39, 0.29) is 18.5 Å². The van der Waals surface area contributed by atoms with Gasteiger partial charge in [0.2, 0.25) is 5.88 Å². The second-order valence-electron chi connectivity index (χ2n) is 7.96. The van der Waals surface area contributed by atoms with Crippen LogP contribution in [0.15, 0.2) is 30.5 Å². The number of aryl methyl sites for hydroxylation is 2. The van der Waals surface area contributed by atoms with Crippen molar-refractivity contribution in [3.8, 4) is 5.88 Å². The van der Waals surface area contributed by atoms with Crippen molar-refractivity contribution in [2.75, 3.05) is 38.6 Å². The van der Waals surface area contributed by atoms with Gasteiger partial charge in [-0.05, 0) is 42.9 Å². The molecule has 2 aromatic heterocycles. The van der Waals surface area contributed by atoms with Crippen molar-refractivity contribution in [2.45, 2.75) is 38.1 Å². The van der Waals surface area contributed by atoms with Gasteiger partial charge in [0, 0.05) is 50.6 Å². The minimum atomic E-state index is -0.304. The molecule has 0 saturated carbocycles. The number of fused-ring (bicyclic) bond motifs is 1. The Hall–Kier alpha value is -3.16. The summed E-state index contributed by atoms with van der Waals surface area (Å²) >= 11 is 0. The molecule has 0 spiro atoms. The molecule has 0 radical (unpaired) electrons. The van der Waals surface area contributed by atoms with E-state index in [9.17, 15) is 9.59 Å². The molecule has 1 fully saturated rings. The average molecular weight is 424 g/mol. The number of aromatic nitrogens is 2. The number of carbonyl (C=O) groups is 2. The Bertz CT molecular complexity index is 918. The lowest BCUT2D eigenvalue weighted by Crippen LogP contribution is -2.35. The van der Waals surface area contributed by atoms with Crippen LogP contribution in [0.4, 0.5) is 10.6 Å². The number of rotatable bonds is 9. The van der Waals surface area contributed by atoms with Gasteiger partial charge in [0.1, 0.15) is 12.1 Å². The Morgan fingerprint density at radius 2 is 2.16 bits per heavy atom. The summed E-state index contributed by atoms with van der Waals surface area (Å²) in [5, 5.41) is 3.37. The fourth-order valence-corrected chi connectivity index (χ4v) is 4.30. The SMILES string of the molecule is COc1ccc([C@H](CC=O)N2CCN(CCCc3ccc4c(n3)NCCC4)C2=O)cn1.